The fourth-order valence-electron chi connectivity index (χ4n) is 2.19. The molecule has 0 aliphatic rings. The lowest BCUT2D eigenvalue weighted by Gasteiger charge is -2.11. The Hall–Kier alpha value is -3.35. The van der Waals surface area contributed by atoms with Gasteiger partial charge in [0.1, 0.15) is 30.3 Å². The van der Waals surface area contributed by atoms with E-state index in [1.807, 2.05) is 30.3 Å². The number of para-hydroxylation sites is 2. The molecule has 134 valence electrons. The Balaban J connectivity index is 1.52. The predicted molar refractivity (Wildman–Crippen MR) is 92.0 cm³/mol. The number of nitrogens with zero attached hydrogens (tertiary/aromatic N) is 2. The van der Waals surface area contributed by atoms with Crippen molar-refractivity contribution in [2.45, 2.75) is 13.5 Å². The van der Waals surface area contributed by atoms with E-state index in [-0.39, 0.29) is 12.5 Å². The van der Waals surface area contributed by atoms with Crippen LogP contribution in [0.1, 0.15) is 22.1 Å². The standard InChI is InChI=1S/C19H18N2O5/c1-14-20-18(26-21-14)13-25-19(22)16-9-5-6-10-17(16)24-12-11-23-15-7-3-2-4-8-15/h2-10H,11-13H2,1H3. The summed E-state index contributed by atoms with van der Waals surface area (Å²) >= 11 is 0. The van der Waals surface area contributed by atoms with Crippen LogP contribution in [0.15, 0.2) is 59.1 Å². The Labute approximate surface area is 150 Å². The van der Waals surface area contributed by atoms with Crippen molar-refractivity contribution >= 4 is 5.97 Å². The topological polar surface area (TPSA) is 83.7 Å². The number of hydrogen-bond acceptors (Lipinski definition) is 7. The van der Waals surface area contributed by atoms with E-state index in [1.54, 1.807) is 31.2 Å². The number of aryl methyl sites for hydroxylation is 1. The maximum absolute atomic E-state index is 12.3. The van der Waals surface area contributed by atoms with Crippen molar-refractivity contribution in [2.24, 2.45) is 0 Å². The number of esters is 1. The highest BCUT2D eigenvalue weighted by molar-refractivity contribution is 5.92. The summed E-state index contributed by atoms with van der Waals surface area (Å²) in [5.41, 5.74) is 0.323. The van der Waals surface area contributed by atoms with Gasteiger partial charge in [0.15, 0.2) is 12.4 Å². The van der Waals surface area contributed by atoms with Gasteiger partial charge >= 0.3 is 5.97 Å². The Bertz CT molecular complexity index is 848. The lowest BCUT2D eigenvalue weighted by Crippen LogP contribution is -2.12. The van der Waals surface area contributed by atoms with E-state index in [1.165, 1.54) is 0 Å². The third-order valence-electron chi connectivity index (χ3n) is 3.36. The SMILES string of the molecule is Cc1noc(COC(=O)c2ccccc2OCCOc2ccccc2)n1. The van der Waals surface area contributed by atoms with Gasteiger partial charge in [-0.3, -0.25) is 0 Å². The molecule has 0 saturated heterocycles. The van der Waals surface area contributed by atoms with Gasteiger partial charge < -0.3 is 18.7 Å². The van der Waals surface area contributed by atoms with Gasteiger partial charge in [-0.2, -0.15) is 4.98 Å². The number of carbonyl (C=O) groups excluding carboxylic acids is 1. The zero-order valence-electron chi connectivity index (χ0n) is 14.3. The first-order chi connectivity index (χ1) is 12.7. The van der Waals surface area contributed by atoms with Crippen LogP contribution in [0, 0.1) is 6.92 Å². The van der Waals surface area contributed by atoms with Crippen molar-refractivity contribution in [3.63, 3.8) is 0 Å². The Morgan fingerprint density at radius 2 is 1.73 bits per heavy atom. The van der Waals surface area contributed by atoms with Gasteiger partial charge in [0.05, 0.1) is 0 Å². The molecule has 0 aliphatic carbocycles. The van der Waals surface area contributed by atoms with Gasteiger partial charge in [0.25, 0.3) is 5.89 Å². The van der Waals surface area contributed by atoms with Gasteiger partial charge in [-0.25, -0.2) is 4.79 Å². The smallest absolute Gasteiger partial charge is 0.342 e. The molecule has 1 aromatic heterocycles. The molecule has 3 aromatic rings. The summed E-state index contributed by atoms with van der Waals surface area (Å²) in [6.45, 7) is 2.25. The van der Waals surface area contributed by atoms with Crippen LogP contribution in [-0.2, 0) is 11.3 Å². The molecule has 7 heteroatoms. The van der Waals surface area contributed by atoms with Gasteiger partial charge in [0, 0.05) is 0 Å². The number of ether oxygens (including phenoxy) is 3. The highest BCUT2D eigenvalue weighted by Crippen LogP contribution is 2.19. The molecule has 0 aliphatic heterocycles. The minimum absolute atomic E-state index is 0.0921. The van der Waals surface area contributed by atoms with Crippen LogP contribution < -0.4 is 9.47 Å². The summed E-state index contributed by atoms with van der Waals surface area (Å²) in [7, 11) is 0. The number of rotatable bonds is 8. The maximum atomic E-state index is 12.3. The molecule has 0 fully saturated rings. The molecule has 3 rings (SSSR count). The van der Waals surface area contributed by atoms with Crippen LogP contribution in [0.2, 0.25) is 0 Å². The molecule has 0 radical (unpaired) electrons. The molecule has 0 atom stereocenters. The van der Waals surface area contributed by atoms with Crippen molar-refractivity contribution in [1.29, 1.82) is 0 Å². The zero-order chi connectivity index (χ0) is 18.2. The Morgan fingerprint density at radius 1 is 1.00 bits per heavy atom. The highest BCUT2D eigenvalue weighted by Gasteiger charge is 2.15. The summed E-state index contributed by atoms with van der Waals surface area (Å²) < 4.78 is 21.3. The quantitative estimate of drug-likeness (QED) is 0.454. The first-order valence-electron chi connectivity index (χ1n) is 8.08. The van der Waals surface area contributed by atoms with Crippen molar-refractivity contribution < 1.29 is 23.5 Å². The highest BCUT2D eigenvalue weighted by atomic mass is 16.6. The second-order valence-electron chi connectivity index (χ2n) is 5.32. The second kappa shape index (κ2) is 8.66. The predicted octanol–water partition coefficient (Wildman–Crippen LogP) is 3.19. The zero-order valence-corrected chi connectivity index (χ0v) is 14.3. The summed E-state index contributed by atoms with van der Waals surface area (Å²) in [4.78, 5) is 16.3. The van der Waals surface area contributed by atoms with Crippen LogP contribution >= 0.6 is 0 Å². The second-order valence-corrected chi connectivity index (χ2v) is 5.32. The van der Waals surface area contributed by atoms with Gasteiger partial charge in [-0.1, -0.05) is 35.5 Å². The van der Waals surface area contributed by atoms with Gasteiger partial charge in [-0.05, 0) is 31.2 Å². The molecule has 0 amide bonds. The molecule has 26 heavy (non-hydrogen) atoms. The third kappa shape index (κ3) is 4.83. The number of benzene rings is 2. The summed E-state index contributed by atoms with van der Waals surface area (Å²) in [5, 5.41) is 3.64. The fraction of sp³-hybridized carbons (Fsp3) is 0.211. The molecule has 7 nitrogen and oxygen atoms in total. The summed E-state index contributed by atoms with van der Waals surface area (Å²) in [5.74, 6) is 1.39. The lowest BCUT2D eigenvalue weighted by atomic mass is 10.2. The monoisotopic (exact) mass is 354 g/mol. The molecular weight excluding hydrogens is 336 g/mol. The van der Waals surface area contributed by atoms with E-state index in [4.69, 9.17) is 18.7 Å². The average molecular weight is 354 g/mol. The molecule has 0 unspecified atom stereocenters. The van der Waals surface area contributed by atoms with Crippen LogP contribution in [0.4, 0.5) is 0 Å². The molecule has 0 spiro atoms. The van der Waals surface area contributed by atoms with E-state index in [9.17, 15) is 4.79 Å². The van der Waals surface area contributed by atoms with Crippen molar-refractivity contribution in [3.05, 3.63) is 71.9 Å². The molecular formula is C19H18N2O5. The first kappa shape index (κ1) is 17.5. The van der Waals surface area contributed by atoms with Crippen LogP contribution in [0.3, 0.4) is 0 Å². The van der Waals surface area contributed by atoms with Crippen molar-refractivity contribution in [3.8, 4) is 11.5 Å². The normalized spacial score (nSPS) is 10.3. The van der Waals surface area contributed by atoms with Crippen LogP contribution in [-0.4, -0.2) is 29.3 Å². The van der Waals surface area contributed by atoms with E-state index < -0.39 is 5.97 Å². The Kier molecular flexibility index (Phi) is 5.82. The van der Waals surface area contributed by atoms with E-state index >= 15 is 0 Å². The van der Waals surface area contributed by atoms with Crippen LogP contribution in [0.25, 0.3) is 0 Å². The van der Waals surface area contributed by atoms with Crippen LogP contribution in [0.5, 0.6) is 11.5 Å². The molecule has 2 aromatic carbocycles. The minimum atomic E-state index is -0.527. The third-order valence-corrected chi connectivity index (χ3v) is 3.36. The van der Waals surface area contributed by atoms with Gasteiger partial charge in [-0.15, -0.1) is 0 Å². The molecule has 0 bridgehead atoms. The van der Waals surface area contributed by atoms with Gasteiger partial charge in [0.2, 0.25) is 0 Å². The van der Waals surface area contributed by atoms with E-state index in [0.717, 1.165) is 5.75 Å². The summed E-state index contributed by atoms with van der Waals surface area (Å²) in [6, 6.07) is 16.3. The van der Waals surface area contributed by atoms with E-state index in [2.05, 4.69) is 10.1 Å². The first-order valence-corrected chi connectivity index (χ1v) is 8.08. The molecule has 0 N–H and O–H groups in total. The largest absolute Gasteiger partial charge is 0.490 e. The van der Waals surface area contributed by atoms with Crippen molar-refractivity contribution in [2.75, 3.05) is 13.2 Å². The minimum Gasteiger partial charge on any atom is -0.490 e. The fourth-order valence-corrected chi connectivity index (χ4v) is 2.19. The number of hydrogen-bond donors (Lipinski definition) is 0. The van der Waals surface area contributed by atoms with Crippen molar-refractivity contribution in [1.82, 2.24) is 10.1 Å². The molecule has 1 heterocycles. The Morgan fingerprint density at radius 3 is 2.50 bits per heavy atom. The maximum Gasteiger partial charge on any atom is 0.342 e. The van der Waals surface area contributed by atoms with E-state index in [0.29, 0.717) is 30.4 Å². The average Bonchev–Trinajstić information content (AvgIpc) is 3.10. The molecule has 0 saturated carbocycles. The lowest BCUT2D eigenvalue weighted by molar-refractivity contribution is 0.0424. The summed E-state index contributed by atoms with van der Waals surface area (Å²) in [6.07, 6.45) is 0. The number of aromatic nitrogens is 2. The number of carbonyl (C=O) groups is 1.